The normalized spacial score (nSPS) is 12.9. The van der Waals surface area contributed by atoms with Crippen LogP contribution in [0.2, 0.25) is 5.02 Å². The van der Waals surface area contributed by atoms with Crippen molar-refractivity contribution in [1.82, 2.24) is 14.9 Å². The van der Waals surface area contributed by atoms with Gasteiger partial charge >= 0.3 is 0 Å². The zero-order chi connectivity index (χ0) is 23.4. The second-order valence-corrected chi connectivity index (χ2v) is 7.08. The molecule has 1 aromatic heterocycles. The maximum absolute atomic E-state index is 13.8. The number of amidine groups is 1. The molecule has 0 aliphatic heterocycles. The van der Waals surface area contributed by atoms with Crippen LogP contribution < -0.4 is 22.3 Å². The number of aromatic nitrogens is 2. The van der Waals surface area contributed by atoms with E-state index in [1.54, 1.807) is 37.3 Å². The van der Waals surface area contributed by atoms with E-state index in [2.05, 4.69) is 15.3 Å². The molecule has 9 nitrogen and oxygen atoms in total. The minimum Gasteiger partial charge on any atom is -0.390 e. The van der Waals surface area contributed by atoms with Crippen molar-refractivity contribution in [1.29, 1.82) is 10.7 Å². The van der Waals surface area contributed by atoms with Crippen LogP contribution in [0.25, 0.3) is 16.6 Å². The Hall–Kier alpha value is -4.23. The van der Waals surface area contributed by atoms with Crippen LogP contribution in [0.5, 0.6) is 0 Å². The second-order valence-electron chi connectivity index (χ2n) is 6.65. The van der Waals surface area contributed by atoms with E-state index < -0.39 is 23.3 Å². The maximum atomic E-state index is 13.8. The lowest BCUT2D eigenvalue weighted by atomic mass is 10.2. The van der Waals surface area contributed by atoms with E-state index in [-0.39, 0.29) is 28.1 Å². The molecule has 0 saturated heterocycles. The first-order chi connectivity index (χ1) is 15.3. The zero-order valence-corrected chi connectivity index (χ0v) is 17.6. The number of nitrogens with two attached hydrogens (primary N) is 2. The van der Waals surface area contributed by atoms with E-state index in [4.69, 9.17) is 28.5 Å². The highest BCUT2D eigenvalue weighted by Gasteiger charge is 2.21. The molecule has 0 spiro atoms. The van der Waals surface area contributed by atoms with Crippen LogP contribution in [-0.2, 0) is 0 Å². The molecule has 6 N–H and O–H groups in total. The highest BCUT2D eigenvalue weighted by atomic mass is 35.5. The Labute approximate surface area is 187 Å². The van der Waals surface area contributed by atoms with E-state index in [1.165, 1.54) is 16.7 Å². The van der Waals surface area contributed by atoms with Crippen molar-refractivity contribution >= 4 is 34.7 Å². The number of aliphatic imine (C=N–C) groups is 1. The van der Waals surface area contributed by atoms with Gasteiger partial charge in [-0.25, -0.2) is 14.4 Å². The van der Waals surface area contributed by atoms with Gasteiger partial charge in [-0.1, -0.05) is 17.7 Å². The van der Waals surface area contributed by atoms with Crippen LogP contribution in [0.1, 0.15) is 18.8 Å². The predicted molar refractivity (Wildman–Crippen MR) is 121 cm³/mol. The van der Waals surface area contributed by atoms with E-state index in [9.17, 15) is 14.4 Å². The van der Waals surface area contributed by atoms with Gasteiger partial charge in [0.05, 0.1) is 29.0 Å². The molecule has 1 atom stereocenters. The van der Waals surface area contributed by atoms with Gasteiger partial charge < -0.3 is 16.8 Å². The molecule has 0 aliphatic carbocycles. The number of rotatable bonds is 6. The second kappa shape index (κ2) is 9.28. The summed E-state index contributed by atoms with van der Waals surface area (Å²) in [5, 5.41) is 20.3. The Kier molecular flexibility index (Phi) is 6.51. The molecule has 3 aromatic rings. The highest BCUT2D eigenvalue weighted by molar-refractivity contribution is 6.30. The van der Waals surface area contributed by atoms with Gasteiger partial charge in [0.25, 0.3) is 5.56 Å². The molecule has 2 aromatic carbocycles. The van der Waals surface area contributed by atoms with Gasteiger partial charge in [-0.2, -0.15) is 5.26 Å². The van der Waals surface area contributed by atoms with E-state index in [0.717, 1.165) is 12.4 Å². The van der Waals surface area contributed by atoms with Crippen LogP contribution >= 0.6 is 11.6 Å². The Morgan fingerprint density at radius 1 is 1.41 bits per heavy atom. The summed E-state index contributed by atoms with van der Waals surface area (Å²) in [5.41, 5.74) is 10.8. The number of benzene rings is 2. The largest absolute Gasteiger partial charge is 0.390 e. The summed E-state index contributed by atoms with van der Waals surface area (Å²) in [6.07, 6.45) is 0.940. The van der Waals surface area contributed by atoms with Crippen molar-refractivity contribution < 1.29 is 4.39 Å². The van der Waals surface area contributed by atoms with Crippen LogP contribution in [-0.4, -0.2) is 21.7 Å². The molecule has 162 valence electrons. The fraction of sp³-hybridized carbons (Fsp3) is 0.0952. The van der Waals surface area contributed by atoms with Gasteiger partial charge in [0, 0.05) is 5.02 Å². The van der Waals surface area contributed by atoms with Gasteiger partial charge in [0.1, 0.15) is 34.9 Å². The van der Waals surface area contributed by atoms with Crippen molar-refractivity contribution in [3.8, 4) is 11.8 Å². The van der Waals surface area contributed by atoms with Gasteiger partial charge in [0.15, 0.2) is 0 Å². The molecule has 11 heteroatoms. The Bertz CT molecular complexity index is 1370. The summed E-state index contributed by atoms with van der Waals surface area (Å²) < 4.78 is 15.1. The Morgan fingerprint density at radius 3 is 2.78 bits per heavy atom. The lowest BCUT2D eigenvalue weighted by Gasteiger charge is -2.21. The number of nitrogens with one attached hydrogen (secondary N) is 2. The van der Waals surface area contributed by atoms with Crippen molar-refractivity contribution in [3.05, 3.63) is 80.9 Å². The SMILES string of the molecule is CC(NC(/N=C/N)=C(\C#N)C(=N)N)c1nc2ccc(F)cc2c(=O)n1-c1cccc(Cl)c1. The first-order valence-corrected chi connectivity index (χ1v) is 9.62. The molecule has 32 heavy (non-hydrogen) atoms. The number of halogens is 2. The molecular formula is C21H18ClFN8O. The highest BCUT2D eigenvalue weighted by Crippen LogP contribution is 2.22. The van der Waals surface area contributed by atoms with Crippen LogP contribution in [0, 0.1) is 22.6 Å². The van der Waals surface area contributed by atoms with Crippen molar-refractivity contribution in [2.24, 2.45) is 16.5 Å². The lowest BCUT2D eigenvalue weighted by molar-refractivity contribution is 0.586. The molecule has 0 aliphatic rings. The van der Waals surface area contributed by atoms with E-state index >= 15 is 0 Å². The summed E-state index contributed by atoms with van der Waals surface area (Å²) in [7, 11) is 0. The third-order valence-electron chi connectivity index (χ3n) is 4.48. The van der Waals surface area contributed by atoms with Crippen LogP contribution in [0.15, 0.2) is 63.6 Å². The first-order valence-electron chi connectivity index (χ1n) is 9.24. The number of hydrogen-bond acceptors (Lipinski definition) is 6. The zero-order valence-electron chi connectivity index (χ0n) is 16.8. The van der Waals surface area contributed by atoms with E-state index in [0.29, 0.717) is 10.7 Å². The third kappa shape index (κ3) is 4.43. The lowest BCUT2D eigenvalue weighted by Crippen LogP contribution is -2.31. The van der Waals surface area contributed by atoms with Crippen molar-refractivity contribution in [3.63, 3.8) is 0 Å². The Balaban J connectivity index is 2.28. The summed E-state index contributed by atoms with van der Waals surface area (Å²) in [4.78, 5) is 21.8. The molecular weight excluding hydrogens is 435 g/mol. The van der Waals surface area contributed by atoms with Crippen LogP contribution in [0.3, 0.4) is 0 Å². The summed E-state index contributed by atoms with van der Waals surface area (Å²) in [6.45, 7) is 1.67. The van der Waals surface area contributed by atoms with Gasteiger partial charge in [0.2, 0.25) is 0 Å². The molecule has 0 radical (unpaired) electrons. The maximum Gasteiger partial charge on any atom is 0.266 e. The molecule has 1 heterocycles. The number of nitriles is 1. The van der Waals surface area contributed by atoms with Gasteiger partial charge in [-0.3, -0.25) is 14.8 Å². The fourth-order valence-electron chi connectivity index (χ4n) is 3.09. The Morgan fingerprint density at radius 2 is 2.16 bits per heavy atom. The summed E-state index contributed by atoms with van der Waals surface area (Å²) in [5.74, 6) is -0.930. The van der Waals surface area contributed by atoms with Gasteiger partial charge in [-0.05, 0) is 43.3 Å². The smallest absolute Gasteiger partial charge is 0.266 e. The summed E-state index contributed by atoms with van der Waals surface area (Å²) >= 11 is 6.12. The predicted octanol–water partition coefficient (Wildman–Crippen LogP) is 2.49. The number of fused-ring (bicyclic) bond motifs is 1. The summed E-state index contributed by atoms with van der Waals surface area (Å²) in [6, 6.07) is 11.3. The third-order valence-corrected chi connectivity index (χ3v) is 4.72. The fourth-order valence-corrected chi connectivity index (χ4v) is 3.27. The van der Waals surface area contributed by atoms with Crippen LogP contribution in [0.4, 0.5) is 4.39 Å². The number of hydrogen-bond donors (Lipinski definition) is 4. The van der Waals surface area contributed by atoms with E-state index in [1.807, 2.05) is 0 Å². The quantitative estimate of drug-likeness (QED) is 0.255. The van der Waals surface area contributed by atoms with Crippen molar-refractivity contribution in [2.45, 2.75) is 13.0 Å². The standard InChI is InChI=1S/C21H18ClFN8O/c1-11(29-19(28-10-25)16(9-24)18(26)27)20-30-17-6-5-13(23)8-15(17)21(32)31(20)14-4-2-3-12(22)7-14/h2-8,10-11,29H,1H3,(H2,25,28)(H3,26,27)/b19-16+. The molecule has 0 amide bonds. The molecule has 1 unspecified atom stereocenters. The first kappa shape index (κ1) is 22.5. The monoisotopic (exact) mass is 452 g/mol. The van der Waals surface area contributed by atoms with Gasteiger partial charge in [-0.15, -0.1) is 0 Å². The van der Waals surface area contributed by atoms with Crippen molar-refractivity contribution in [2.75, 3.05) is 0 Å². The molecule has 0 fully saturated rings. The average Bonchev–Trinajstić information content (AvgIpc) is 2.74. The average molecular weight is 453 g/mol. The number of nitrogens with zero attached hydrogens (tertiary/aromatic N) is 4. The topological polar surface area (TPSA) is 159 Å². The molecule has 0 saturated carbocycles. The molecule has 0 bridgehead atoms. The minimum atomic E-state index is -0.725. The minimum absolute atomic E-state index is 0.0684. The molecule has 3 rings (SSSR count).